The van der Waals surface area contributed by atoms with Crippen LogP contribution in [0.1, 0.15) is 90.4 Å². The van der Waals surface area contributed by atoms with Crippen LogP contribution < -0.4 is 11.1 Å². The van der Waals surface area contributed by atoms with Crippen LogP contribution in [0.15, 0.2) is 0 Å². The molecule has 0 heterocycles. The zero-order chi connectivity index (χ0) is 14.2. The van der Waals surface area contributed by atoms with Crippen molar-refractivity contribution in [2.75, 3.05) is 6.54 Å². The van der Waals surface area contributed by atoms with Gasteiger partial charge in [-0.3, -0.25) is 0 Å². The van der Waals surface area contributed by atoms with E-state index in [1.165, 1.54) is 83.5 Å². The van der Waals surface area contributed by atoms with Gasteiger partial charge in [0.25, 0.3) is 0 Å². The van der Waals surface area contributed by atoms with E-state index in [1.807, 2.05) is 0 Å². The Labute approximate surface area is 138 Å². The molecular formula is C16H35ClN2S. The van der Waals surface area contributed by atoms with Crippen molar-refractivity contribution in [2.24, 2.45) is 5.73 Å². The molecule has 0 unspecified atom stereocenters. The van der Waals surface area contributed by atoms with Gasteiger partial charge in [-0.1, -0.05) is 84.0 Å². The van der Waals surface area contributed by atoms with Crippen LogP contribution in [0, 0.1) is 0 Å². The molecule has 0 aromatic carbocycles. The molecule has 0 atom stereocenters. The van der Waals surface area contributed by atoms with Crippen LogP contribution >= 0.6 is 24.6 Å². The molecule has 0 aromatic heterocycles. The highest BCUT2D eigenvalue weighted by Crippen LogP contribution is 2.12. The Morgan fingerprint density at radius 2 is 1.10 bits per heavy atom. The number of thiocarbonyl (C=S) groups is 1. The van der Waals surface area contributed by atoms with Crippen LogP contribution in [0.2, 0.25) is 0 Å². The van der Waals surface area contributed by atoms with Gasteiger partial charge < -0.3 is 11.1 Å². The molecule has 0 bridgehead atoms. The molecule has 20 heavy (non-hydrogen) atoms. The molecule has 0 aromatic rings. The quantitative estimate of drug-likeness (QED) is 0.335. The molecule has 0 saturated heterocycles. The lowest BCUT2D eigenvalue weighted by molar-refractivity contribution is 0.538. The summed E-state index contributed by atoms with van der Waals surface area (Å²) in [6.07, 6.45) is 18.1. The Bertz CT molecular complexity index is 201. The molecular weight excluding hydrogens is 288 g/mol. The fourth-order valence-electron chi connectivity index (χ4n) is 2.35. The van der Waals surface area contributed by atoms with E-state index >= 15 is 0 Å². The minimum absolute atomic E-state index is 0. The molecule has 0 aliphatic carbocycles. The predicted molar refractivity (Wildman–Crippen MR) is 97.7 cm³/mol. The van der Waals surface area contributed by atoms with Crippen molar-refractivity contribution in [3.05, 3.63) is 0 Å². The van der Waals surface area contributed by atoms with E-state index in [-0.39, 0.29) is 12.4 Å². The lowest BCUT2D eigenvalue weighted by Gasteiger charge is -2.04. The van der Waals surface area contributed by atoms with E-state index in [2.05, 4.69) is 12.2 Å². The van der Waals surface area contributed by atoms with E-state index in [4.69, 9.17) is 18.0 Å². The Morgan fingerprint density at radius 1 is 0.750 bits per heavy atom. The number of halogens is 1. The number of nitrogens with two attached hydrogens (primary N) is 1. The van der Waals surface area contributed by atoms with E-state index in [9.17, 15) is 0 Å². The number of unbranched alkanes of at least 4 members (excludes halogenated alkanes) is 12. The largest absolute Gasteiger partial charge is 0.376 e. The van der Waals surface area contributed by atoms with Crippen molar-refractivity contribution in [2.45, 2.75) is 90.4 Å². The zero-order valence-electron chi connectivity index (χ0n) is 13.3. The van der Waals surface area contributed by atoms with Crippen LogP contribution in [0.25, 0.3) is 0 Å². The zero-order valence-corrected chi connectivity index (χ0v) is 14.9. The van der Waals surface area contributed by atoms with Gasteiger partial charge in [0, 0.05) is 6.54 Å². The molecule has 0 radical (unpaired) electrons. The molecule has 0 amide bonds. The molecule has 0 fully saturated rings. The summed E-state index contributed by atoms with van der Waals surface area (Å²) in [6, 6.07) is 0. The Balaban J connectivity index is 0. The third kappa shape index (κ3) is 20.3. The molecule has 0 saturated carbocycles. The van der Waals surface area contributed by atoms with E-state index < -0.39 is 0 Å². The smallest absolute Gasteiger partial charge is 0.163 e. The summed E-state index contributed by atoms with van der Waals surface area (Å²) < 4.78 is 0. The lowest BCUT2D eigenvalue weighted by atomic mass is 10.0. The maximum atomic E-state index is 5.36. The van der Waals surface area contributed by atoms with Gasteiger partial charge in [-0.25, -0.2) is 0 Å². The number of hydrogen-bond donors (Lipinski definition) is 2. The Hall–Kier alpha value is -0.0200. The van der Waals surface area contributed by atoms with Gasteiger partial charge in [-0.15, -0.1) is 12.4 Å². The summed E-state index contributed by atoms with van der Waals surface area (Å²) in [7, 11) is 0. The van der Waals surface area contributed by atoms with Crippen molar-refractivity contribution in [3.63, 3.8) is 0 Å². The van der Waals surface area contributed by atoms with Crippen LogP contribution in [0.5, 0.6) is 0 Å². The fourth-order valence-corrected chi connectivity index (χ4v) is 2.46. The van der Waals surface area contributed by atoms with Crippen LogP contribution in [0.3, 0.4) is 0 Å². The van der Waals surface area contributed by atoms with Gasteiger partial charge in [-0.2, -0.15) is 0 Å². The average Bonchev–Trinajstić information content (AvgIpc) is 2.39. The first-order chi connectivity index (χ1) is 9.27. The maximum absolute atomic E-state index is 5.36. The van der Waals surface area contributed by atoms with Crippen LogP contribution in [-0.2, 0) is 0 Å². The third-order valence-electron chi connectivity index (χ3n) is 3.58. The summed E-state index contributed by atoms with van der Waals surface area (Å²) >= 11 is 4.76. The van der Waals surface area contributed by atoms with Gasteiger partial charge in [-0.05, 0) is 18.6 Å². The van der Waals surface area contributed by atoms with Crippen LogP contribution in [-0.4, -0.2) is 11.7 Å². The SMILES string of the molecule is CCCCCCCCCCCCCCCNC(N)=S.Cl. The second-order valence-electron chi connectivity index (χ2n) is 5.53. The van der Waals surface area contributed by atoms with Gasteiger partial charge >= 0.3 is 0 Å². The number of nitrogens with one attached hydrogen (secondary N) is 1. The monoisotopic (exact) mass is 322 g/mol. The average molecular weight is 323 g/mol. The molecule has 3 N–H and O–H groups in total. The highest BCUT2D eigenvalue weighted by molar-refractivity contribution is 7.80. The van der Waals surface area contributed by atoms with Crippen molar-refractivity contribution >= 4 is 29.7 Å². The molecule has 4 heteroatoms. The second kappa shape index (κ2) is 19.0. The third-order valence-corrected chi connectivity index (χ3v) is 3.72. The van der Waals surface area contributed by atoms with Crippen molar-refractivity contribution in [1.29, 1.82) is 0 Å². The van der Waals surface area contributed by atoms with E-state index in [0.29, 0.717) is 5.11 Å². The minimum Gasteiger partial charge on any atom is -0.376 e. The number of rotatable bonds is 14. The second-order valence-corrected chi connectivity index (χ2v) is 5.97. The maximum Gasteiger partial charge on any atom is 0.163 e. The fraction of sp³-hybridized carbons (Fsp3) is 0.938. The first-order valence-corrected chi connectivity index (χ1v) is 8.71. The first kappa shape index (κ1) is 22.3. The molecule has 0 aliphatic heterocycles. The van der Waals surface area contributed by atoms with Gasteiger partial charge in [0.05, 0.1) is 0 Å². The molecule has 2 nitrogen and oxygen atoms in total. The minimum atomic E-state index is 0. The topological polar surface area (TPSA) is 38.0 Å². The highest BCUT2D eigenvalue weighted by Gasteiger charge is 1.94. The summed E-state index contributed by atoms with van der Waals surface area (Å²) in [5.74, 6) is 0. The van der Waals surface area contributed by atoms with Gasteiger partial charge in [0.15, 0.2) is 5.11 Å². The summed E-state index contributed by atoms with van der Waals surface area (Å²) in [4.78, 5) is 0. The van der Waals surface area contributed by atoms with Crippen molar-refractivity contribution < 1.29 is 0 Å². The number of hydrogen-bond acceptors (Lipinski definition) is 1. The van der Waals surface area contributed by atoms with Gasteiger partial charge in [0.2, 0.25) is 0 Å². The normalized spacial score (nSPS) is 10.1. The van der Waals surface area contributed by atoms with Gasteiger partial charge in [0.1, 0.15) is 0 Å². The van der Waals surface area contributed by atoms with Crippen molar-refractivity contribution in [3.8, 4) is 0 Å². The van der Waals surface area contributed by atoms with Crippen LogP contribution in [0.4, 0.5) is 0 Å². The van der Waals surface area contributed by atoms with E-state index in [0.717, 1.165) is 6.54 Å². The Morgan fingerprint density at radius 3 is 1.45 bits per heavy atom. The summed E-state index contributed by atoms with van der Waals surface area (Å²) in [5.41, 5.74) is 5.36. The standard InChI is InChI=1S/C16H34N2S.ClH/c1-2-3-4-5-6-7-8-9-10-11-12-13-14-15-18-16(17)19;/h2-15H2,1H3,(H3,17,18,19);1H. The molecule has 0 aliphatic rings. The van der Waals surface area contributed by atoms with E-state index in [1.54, 1.807) is 0 Å². The summed E-state index contributed by atoms with van der Waals surface area (Å²) in [5, 5.41) is 3.42. The molecule has 0 spiro atoms. The van der Waals surface area contributed by atoms with Crippen molar-refractivity contribution in [1.82, 2.24) is 5.32 Å². The molecule has 122 valence electrons. The summed E-state index contributed by atoms with van der Waals surface area (Å²) in [6.45, 7) is 3.22. The lowest BCUT2D eigenvalue weighted by Crippen LogP contribution is -2.29. The molecule has 0 rings (SSSR count). The highest BCUT2D eigenvalue weighted by atomic mass is 35.5. The Kier molecular flexibility index (Phi) is 21.1. The first-order valence-electron chi connectivity index (χ1n) is 8.30. The predicted octanol–water partition coefficient (Wildman–Crippen LogP) is 5.33.